The van der Waals surface area contributed by atoms with Gasteiger partial charge in [-0.25, -0.2) is 0 Å². The van der Waals surface area contributed by atoms with Crippen molar-refractivity contribution in [1.29, 1.82) is 0 Å². The van der Waals surface area contributed by atoms with Crippen molar-refractivity contribution in [3.05, 3.63) is 29.3 Å². The summed E-state index contributed by atoms with van der Waals surface area (Å²) in [7, 11) is 0. The Kier molecular flexibility index (Phi) is 2.37. The summed E-state index contributed by atoms with van der Waals surface area (Å²) in [6, 6.07) is 7.25. The molecular formula is C13H17NO. The lowest BCUT2D eigenvalue weighted by molar-refractivity contribution is 0.356. The smallest absolute Gasteiger partial charge is 0.122 e. The number of rotatable bonds is 1. The third-order valence-electron chi connectivity index (χ3n) is 3.43. The van der Waals surface area contributed by atoms with Crippen molar-refractivity contribution < 1.29 is 4.74 Å². The normalized spacial score (nSPS) is 24.7. The molecule has 3 rings (SSSR count). The van der Waals surface area contributed by atoms with Gasteiger partial charge in [0.25, 0.3) is 0 Å². The number of hydrogen-bond donors (Lipinski definition) is 1. The topological polar surface area (TPSA) is 21.3 Å². The molecule has 0 saturated carbocycles. The molecule has 2 aliphatic heterocycles. The maximum Gasteiger partial charge on any atom is 0.122 e. The zero-order chi connectivity index (χ0) is 10.1. The lowest BCUT2D eigenvalue weighted by atomic mass is 9.96. The van der Waals surface area contributed by atoms with Crippen molar-refractivity contribution in [2.24, 2.45) is 0 Å². The molecule has 2 heteroatoms. The largest absolute Gasteiger partial charge is 0.493 e. The van der Waals surface area contributed by atoms with Gasteiger partial charge in [0.05, 0.1) is 6.61 Å². The molecule has 15 heavy (non-hydrogen) atoms. The Morgan fingerprint density at radius 3 is 3.13 bits per heavy atom. The minimum atomic E-state index is 0.574. The van der Waals surface area contributed by atoms with Crippen LogP contribution in [0.25, 0.3) is 0 Å². The summed E-state index contributed by atoms with van der Waals surface area (Å²) in [6.45, 7) is 2.02. The van der Waals surface area contributed by atoms with Crippen LogP contribution in [-0.2, 0) is 6.42 Å². The number of hydrogen-bond acceptors (Lipinski definition) is 2. The van der Waals surface area contributed by atoms with E-state index < -0.39 is 0 Å². The number of fused-ring (bicyclic) bond motifs is 1. The van der Waals surface area contributed by atoms with Crippen molar-refractivity contribution in [3.8, 4) is 5.75 Å². The monoisotopic (exact) mass is 203 g/mol. The SMILES string of the molecule is c1cc2c(cc1C1CCCCN1)CCO2. The molecule has 2 nitrogen and oxygen atoms in total. The third kappa shape index (κ3) is 1.74. The van der Waals surface area contributed by atoms with Crippen molar-refractivity contribution >= 4 is 0 Å². The number of nitrogens with one attached hydrogen (secondary N) is 1. The van der Waals surface area contributed by atoms with Gasteiger partial charge >= 0.3 is 0 Å². The molecule has 0 aliphatic carbocycles. The number of benzene rings is 1. The molecule has 80 valence electrons. The van der Waals surface area contributed by atoms with Gasteiger partial charge in [0.15, 0.2) is 0 Å². The molecule has 1 atom stereocenters. The standard InChI is InChI=1S/C13H17NO/c1-2-7-14-12(3-1)10-4-5-13-11(9-10)6-8-15-13/h4-5,9,12,14H,1-3,6-8H2. The molecule has 2 aliphatic rings. The first-order valence-corrected chi connectivity index (χ1v) is 5.92. The van der Waals surface area contributed by atoms with Crippen LogP contribution in [0, 0.1) is 0 Å². The lowest BCUT2D eigenvalue weighted by Gasteiger charge is -2.24. The lowest BCUT2D eigenvalue weighted by Crippen LogP contribution is -2.26. The highest BCUT2D eigenvalue weighted by Gasteiger charge is 2.18. The zero-order valence-electron chi connectivity index (χ0n) is 8.96. The Bertz CT molecular complexity index is 356. The van der Waals surface area contributed by atoms with Gasteiger partial charge in [-0.05, 0) is 36.6 Å². The number of piperidine rings is 1. The summed E-state index contributed by atoms with van der Waals surface area (Å²) in [6.07, 6.45) is 5.03. The van der Waals surface area contributed by atoms with E-state index in [1.165, 1.54) is 30.4 Å². The molecule has 1 aromatic carbocycles. The van der Waals surface area contributed by atoms with Gasteiger partial charge in [-0.1, -0.05) is 18.6 Å². The molecule has 0 bridgehead atoms. The molecule has 1 unspecified atom stereocenters. The van der Waals surface area contributed by atoms with E-state index in [-0.39, 0.29) is 0 Å². The van der Waals surface area contributed by atoms with Crippen LogP contribution in [0.15, 0.2) is 18.2 Å². The minimum absolute atomic E-state index is 0.574. The molecule has 1 saturated heterocycles. The van der Waals surface area contributed by atoms with Crippen molar-refractivity contribution in [1.82, 2.24) is 5.32 Å². The average molecular weight is 203 g/mol. The minimum Gasteiger partial charge on any atom is -0.493 e. The zero-order valence-corrected chi connectivity index (χ0v) is 8.96. The Balaban J connectivity index is 1.85. The second-order valence-corrected chi connectivity index (χ2v) is 4.47. The highest BCUT2D eigenvalue weighted by atomic mass is 16.5. The summed E-state index contributed by atoms with van der Waals surface area (Å²) in [5.41, 5.74) is 2.83. The van der Waals surface area contributed by atoms with E-state index in [1.807, 2.05) is 0 Å². The Morgan fingerprint density at radius 2 is 2.27 bits per heavy atom. The first-order chi connectivity index (χ1) is 7.43. The van der Waals surface area contributed by atoms with E-state index in [0.717, 1.165) is 25.3 Å². The van der Waals surface area contributed by atoms with Crippen LogP contribution in [0.2, 0.25) is 0 Å². The highest BCUT2D eigenvalue weighted by molar-refractivity contribution is 5.40. The molecule has 1 aromatic rings. The molecule has 1 N–H and O–H groups in total. The van der Waals surface area contributed by atoms with Gasteiger partial charge in [-0.3, -0.25) is 0 Å². The second-order valence-electron chi connectivity index (χ2n) is 4.47. The molecule has 0 aromatic heterocycles. The van der Waals surface area contributed by atoms with Crippen molar-refractivity contribution in [2.75, 3.05) is 13.2 Å². The fraction of sp³-hybridized carbons (Fsp3) is 0.538. The maximum atomic E-state index is 5.52. The van der Waals surface area contributed by atoms with Crippen LogP contribution >= 0.6 is 0 Å². The van der Waals surface area contributed by atoms with Crippen LogP contribution < -0.4 is 10.1 Å². The maximum absolute atomic E-state index is 5.52. The average Bonchev–Trinajstić information content (AvgIpc) is 2.77. The molecule has 0 radical (unpaired) electrons. The third-order valence-corrected chi connectivity index (χ3v) is 3.43. The van der Waals surface area contributed by atoms with Crippen molar-refractivity contribution in [3.63, 3.8) is 0 Å². The van der Waals surface area contributed by atoms with Crippen LogP contribution in [0.1, 0.15) is 36.4 Å². The Hall–Kier alpha value is -1.02. The van der Waals surface area contributed by atoms with Gasteiger partial charge in [0.1, 0.15) is 5.75 Å². The van der Waals surface area contributed by atoms with Gasteiger partial charge in [0.2, 0.25) is 0 Å². The van der Waals surface area contributed by atoms with E-state index in [9.17, 15) is 0 Å². The fourth-order valence-corrected chi connectivity index (χ4v) is 2.56. The van der Waals surface area contributed by atoms with Gasteiger partial charge < -0.3 is 10.1 Å². The molecular weight excluding hydrogens is 186 g/mol. The van der Waals surface area contributed by atoms with Gasteiger partial charge in [-0.2, -0.15) is 0 Å². The quantitative estimate of drug-likeness (QED) is 0.757. The number of ether oxygens (including phenoxy) is 1. The Labute approximate surface area is 90.6 Å². The van der Waals surface area contributed by atoms with E-state index >= 15 is 0 Å². The predicted octanol–water partition coefficient (Wildman–Crippen LogP) is 2.44. The van der Waals surface area contributed by atoms with Crippen LogP contribution in [0.5, 0.6) is 5.75 Å². The van der Waals surface area contributed by atoms with Crippen LogP contribution in [0.4, 0.5) is 0 Å². The van der Waals surface area contributed by atoms with Gasteiger partial charge in [-0.15, -0.1) is 0 Å². The second kappa shape index (κ2) is 3.86. The molecule has 0 spiro atoms. The Morgan fingerprint density at radius 1 is 1.27 bits per heavy atom. The highest BCUT2D eigenvalue weighted by Crippen LogP contribution is 2.30. The van der Waals surface area contributed by atoms with E-state index in [0.29, 0.717) is 6.04 Å². The summed E-state index contributed by atoms with van der Waals surface area (Å²) in [4.78, 5) is 0. The molecule has 0 amide bonds. The fourth-order valence-electron chi connectivity index (χ4n) is 2.56. The van der Waals surface area contributed by atoms with E-state index in [4.69, 9.17) is 4.74 Å². The van der Waals surface area contributed by atoms with Crippen molar-refractivity contribution in [2.45, 2.75) is 31.7 Å². The van der Waals surface area contributed by atoms with Gasteiger partial charge in [0, 0.05) is 12.5 Å². The predicted molar refractivity (Wildman–Crippen MR) is 60.2 cm³/mol. The van der Waals surface area contributed by atoms with Crippen LogP contribution in [-0.4, -0.2) is 13.2 Å². The van der Waals surface area contributed by atoms with E-state index in [1.54, 1.807) is 0 Å². The first-order valence-electron chi connectivity index (χ1n) is 5.92. The van der Waals surface area contributed by atoms with E-state index in [2.05, 4.69) is 23.5 Å². The van der Waals surface area contributed by atoms with Crippen LogP contribution in [0.3, 0.4) is 0 Å². The molecule has 2 heterocycles. The first kappa shape index (κ1) is 9.22. The summed E-state index contributed by atoms with van der Waals surface area (Å²) < 4.78 is 5.52. The molecule has 1 fully saturated rings. The summed E-state index contributed by atoms with van der Waals surface area (Å²) >= 11 is 0. The summed E-state index contributed by atoms with van der Waals surface area (Å²) in [5, 5.41) is 3.59. The summed E-state index contributed by atoms with van der Waals surface area (Å²) in [5.74, 6) is 1.09.